The minimum atomic E-state index is 0.149. The van der Waals surface area contributed by atoms with Gasteiger partial charge in [0.25, 0.3) is 0 Å². The molecule has 0 bridgehead atoms. The molecule has 146 valence electrons. The predicted molar refractivity (Wildman–Crippen MR) is 124 cm³/mol. The molecule has 0 atom stereocenters. The molecular formula is C23H18Br2N2O2. The smallest absolute Gasteiger partial charge is 0.227 e. The summed E-state index contributed by atoms with van der Waals surface area (Å²) in [5.41, 5.74) is 7.16. The Morgan fingerprint density at radius 3 is 2.59 bits per heavy atom. The van der Waals surface area contributed by atoms with Gasteiger partial charge in [-0.05, 0) is 83.7 Å². The van der Waals surface area contributed by atoms with Gasteiger partial charge in [0.05, 0.1) is 10.2 Å². The highest BCUT2D eigenvalue weighted by atomic mass is 79.9. The molecule has 4 nitrogen and oxygen atoms in total. The van der Waals surface area contributed by atoms with E-state index in [1.54, 1.807) is 12.3 Å². The van der Waals surface area contributed by atoms with Gasteiger partial charge in [-0.15, -0.1) is 0 Å². The van der Waals surface area contributed by atoms with Crippen LogP contribution in [0.5, 0.6) is 5.75 Å². The number of phenolic OH excluding ortho intramolecular Hbond substituents is 1. The lowest BCUT2D eigenvalue weighted by molar-refractivity contribution is 0.471. The van der Waals surface area contributed by atoms with Crippen molar-refractivity contribution in [3.63, 3.8) is 0 Å². The molecule has 1 aromatic heterocycles. The molecule has 0 aliphatic rings. The Hall–Kier alpha value is -2.44. The van der Waals surface area contributed by atoms with Gasteiger partial charge in [0.1, 0.15) is 11.3 Å². The number of aryl methyl sites for hydroxylation is 3. The van der Waals surface area contributed by atoms with E-state index in [0.717, 1.165) is 43.5 Å². The zero-order chi connectivity index (χ0) is 20.7. The Bertz CT molecular complexity index is 1280. The monoisotopic (exact) mass is 512 g/mol. The lowest BCUT2D eigenvalue weighted by atomic mass is 10.1. The lowest BCUT2D eigenvalue weighted by Crippen LogP contribution is -1.86. The third kappa shape index (κ3) is 4.00. The van der Waals surface area contributed by atoms with Crippen LogP contribution >= 0.6 is 31.9 Å². The van der Waals surface area contributed by atoms with Crippen molar-refractivity contribution in [1.29, 1.82) is 0 Å². The second-order valence-corrected chi connectivity index (χ2v) is 8.80. The second kappa shape index (κ2) is 7.76. The third-order valence-corrected chi connectivity index (χ3v) is 5.74. The first-order valence-corrected chi connectivity index (χ1v) is 10.6. The van der Waals surface area contributed by atoms with Gasteiger partial charge >= 0.3 is 0 Å². The van der Waals surface area contributed by atoms with E-state index in [1.807, 2.05) is 44.2 Å². The molecule has 4 aromatic rings. The minimum Gasteiger partial charge on any atom is -0.506 e. The summed E-state index contributed by atoms with van der Waals surface area (Å²) in [6.45, 7) is 6.07. The summed E-state index contributed by atoms with van der Waals surface area (Å²) in [6, 6.07) is 13.6. The molecule has 29 heavy (non-hydrogen) atoms. The summed E-state index contributed by atoms with van der Waals surface area (Å²) >= 11 is 6.78. The van der Waals surface area contributed by atoms with Crippen molar-refractivity contribution in [2.75, 3.05) is 0 Å². The van der Waals surface area contributed by atoms with E-state index in [4.69, 9.17) is 4.42 Å². The molecule has 1 N–H and O–H groups in total. The molecular weight excluding hydrogens is 496 g/mol. The van der Waals surface area contributed by atoms with Gasteiger partial charge in [0.2, 0.25) is 5.89 Å². The summed E-state index contributed by atoms with van der Waals surface area (Å²) in [6.07, 6.45) is 1.65. The molecule has 4 rings (SSSR count). The largest absolute Gasteiger partial charge is 0.506 e. The average molecular weight is 514 g/mol. The van der Waals surface area contributed by atoms with Crippen LogP contribution in [0.25, 0.3) is 22.6 Å². The normalized spacial score (nSPS) is 11.6. The Labute approximate surface area is 185 Å². The summed E-state index contributed by atoms with van der Waals surface area (Å²) in [7, 11) is 0. The molecule has 0 unspecified atom stereocenters. The van der Waals surface area contributed by atoms with Gasteiger partial charge in [-0.3, -0.25) is 4.99 Å². The molecule has 3 aromatic carbocycles. The molecule has 0 aliphatic heterocycles. The van der Waals surface area contributed by atoms with Crippen molar-refractivity contribution >= 4 is 54.9 Å². The van der Waals surface area contributed by atoms with Crippen LogP contribution in [0.2, 0.25) is 0 Å². The molecule has 0 radical (unpaired) electrons. The van der Waals surface area contributed by atoms with Crippen molar-refractivity contribution in [2.45, 2.75) is 20.8 Å². The van der Waals surface area contributed by atoms with Crippen molar-refractivity contribution in [2.24, 2.45) is 4.99 Å². The van der Waals surface area contributed by atoms with Crippen LogP contribution in [0.4, 0.5) is 5.69 Å². The quantitative estimate of drug-likeness (QED) is 0.290. The number of aromatic hydroxyl groups is 1. The third-order valence-electron chi connectivity index (χ3n) is 4.68. The van der Waals surface area contributed by atoms with Gasteiger partial charge in [-0.25, -0.2) is 4.98 Å². The number of benzene rings is 3. The number of halogens is 2. The zero-order valence-corrected chi connectivity index (χ0v) is 19.3. The first-order valence-electron chi connectivity index (χ1n) is 9.02. The Morgan fingerprint density at radius 1 is 1.00 bits per heavy atom. The van der Waals surface area contributed by atoms with E-state index in [0.29, 0.717) is 15.9 Å². The maximum Gasteiger partial charge on any atom is 0.227 e. The Morgan fingerprint density at radius 2 is 1.79 bits per heavy atom. The molecule has 0 aliphatic carbocycles. The van der Waals surface area contributed by atoms with Crippen molar-refractivity contribution in [1.82, 2.24) is 4.98 Å². The minimum absolute atomic E-state index is 0.149. The van der Waals surface area contributed by atoms with Crippen LogP contribution < -0.4 is 0 Å². The van der Waals surface area contributed by atoms with Gasteiger partial charge in [-0.1, -0.05) is 28.1 Å². The Kier molecular flexibility index (Phi) is 5.32. The summed E-state index contributed by atoms with van der Waals surface area (Å²) in [5, 5.41) is 10.2. The van der Waals surface area contributed by atoms with E-state index >= 15 is 0 Å². The van der Waals surface area contributed by atoms with Crippen molar-refractivity contribution in [3.8, 4) is 17.2 Å². The number of phenols is 1. The average Bonchev–Trinajstić information content (AvgIpc) is 3.09. The van der Waals surface area contributed by atoms with Crippen LogP contribution in [0.15, 0.2) is 60.8 Å². The number of hydrogen-bond donors (Lipinski definition) is 1. The van der Waals surface area contributed by atoms with Gasteiger partial charge in [0.15, 0.2) is 5.58 Å². The van der Waals surface area contributed by atoms with E-state index in [9.17, 15) is 5.11 Å². The van der Waals surface area contributed by atoms with E-state index in [1.165, 1.54) is 0 Å². The SMILES string of the molecule is Cc1cc(C)c2oc(-c3ccc(C)c(N=Cc4cc(Br)cc(Br)c4O)c3)nc2c1. The fourth-order valence-electron chi connectivity index (χ4n) is 3.21. The Balaban J connectivity index is 1.75. The zero-order valence-electron chi connectivity index (χ0n) is 16.1. The van der Waals surface area contributed by atoms with Crippen molar-refractivity contribution < 1.29 is 9.52 Å². The van der Waals surface area contributed by atoms with Crippen LogP contribution in [-0.4, -0.2) is 16.3 Å². The van der Waals surface area contributed by atoms with Gasteiger partial charge in [-0.2, -0.15) is 0 Å². The van der Waals surface area contributed by atoms with Gasteiger partial charge < -0.3 is 9.52 Å². The standard InChI is InChI=1S/C23H18Br2N2O2/c1-12-6-14(3)22-20(7-12)27-23(29-22)15-5-4-13(2)19(9-15)26-11-16-8-17(24)10-18(25)21(16)28/h4-11,28H,1-3H3. The number of nitrogens with zero attached hydrogens (tertiary/aromatic N) is 2. The number of aliphatic imine (C=N–C) groups is 1. The number of fused-ring (bicyclic) bond motifs is 1. The lowest BCUT2D eigenvalue weighted by Gasteiger charge is -2.05. The second-order valence-electron chi connectivity index (χ2n) is 7.03. The first-order chi connectivity index (χ1) is 13.8. The summed E-state index contributed by atoms with van der Waals surface area (Å²) < 4.78 is 7.49. The number of hydrogen-bond acceptors (Lipinski definition) is 4. The fourth-order valence-corrected chi connectivity index (χ4v) is 4.46. The van der Waals surface area contributed by atoms with E-state index < -0.39 is 0 Å². The highest BCUT2D eigenvalue weighted by Gasteiger charge is 2.12. The number of rotatable bonds is 3. The summed E-state index contributed by atoms with van der Waals surface area (Å²) in [4.78, 5) is 9.25. The van der Waals surface area contributed by atoms with Crippen molar-refractivity contribution in [3.05, 3.63) is 73.7 Å². The van der Waals surface area contributed by atoms with E-state index in [-0.39, 0.29) is 5.75 Å². The molecule has 1 heterocycles. The molecule has 0 saturated heterocycles. The topological polar surface area (TPSA) is 58.6 Å². The highest BCUT2D eigenvalue weighted by Crippen LogP contribution is 2.33. The molecule has 0 spiro atoms. The first kappa shape index (κ1) is 19.9. The fraction of sp³-hybridized carbons (Fsp3) is 0.130. The number of oxazole rings is 1. The van der Waals surface area contributed by atoms with Crippen LogP contribution in [0.3, 0.4) is 0 Å². The molecule has 6 heteroatoms. The maximum atomic E-state index is 10.2. The molecule has 0 amide bonds. The van der Waals surface area contributed by atoms with E-state index in [2.05, 4.69) is 54.8 Å². The van der Waals surface area contributed by atoms with Crippen LogP contribution in [0.1, 0.15) is 22.3 Å². The molecule has 0 fully saturated rings. The summed E-state index contributed by atoms with van der Waals surface area (Å²) in [5.74, 6) is 0.716. The molecule has 0 saturated carbocycles. The predicted octanol–water partition coefficient (Wildman–Crippen LogP) is 7.40. The van der Waals surface area contributed by atoms with Crippen LogP contribution in [-0.2, 0) is 0 Å². The van der Waals surface area contributed by atoms with Gasteiger partial charge in [0, 0.05) is 21.8 Å². The van der Waals surface area contributed by atoms with Crippen LogP contribution in [0, 0.1) is 20.8 Å². The highest BCUT2D eigenvalue weighted by molar-refractivity contribution is 9.11. The maximum absolute atomic E-state index is 10.2. The number of aromatic nitrogens is 1.